The molecule has 6 rings (SSSR count). The second kappa shape index (κ2) is 10.2. The number of alkyl halides is 3. The van der Waals surface area contributed by atoms with Crippen molar-refractivity contribution in [2.24, 2.45) is 0 Å². The fourth-order valence-corrected chi connectivity index (χ4v) is 5.79. The van der Waals surface area contributed by atoms with Crippen LogP contribution in [0.4, 0.5) is 28.2 Å². The largest absolute Gasteiger partial charge is 0.419 e. The first-order valence-electron chi connectivity index (χ1n) is 13.0. The molecular weight excluding hydrogens is 542 g/mol. The molecule has 4 aromatic heterocycles. The minimum absolute atomic E-state index is 0.138. The van der Waals surface area contributed by atoms with E-state index in [1.54, 1.807) is 29.3 Å². The molecule has 0 spiro atoms. The molecule has 2 saturated heterocycles. The maximum atomic E-state index is 14.8. The third-order valence-corrected chi connectivity index (χ3v) is 7.91. The number of aromatic amines is 1. The number of amides is 2. The van der Waals surface area contributed by atoms with Crippen LogP contribution >= 0.6 is 0 Å². The lowest BCUT2D eigenvalue weighted by atomic mass is 9.84. The molecule has 10 nitrogen and oxygen atoms in total. The summed E-state index contributed by atoms with van der Waals surface area (Å²) in [7, 11) is 0. The molecule has 0 aliphatic carbocycles. The lowest BCUT2D eigenvalue weighted by molar-refractivity contribution is -0.137. The number of urea groups is 1. The van der Waals surface area contributed by atoms with E-state index in [1.165, 1.54) is 23.4 Å². The van der Waals surface area contributed by atoms with Crippen LogP contribution in [0.2, 0.25) is 0 Å². The molecule has 2 aliphatic heterocycles. The maximum absolute atomic E-state index is 14.8. The summed E-state index contributed by atoms with van der Waals surface area (Å²) in [5.41, 5.74) is -0.0225. The molecule has 212 valence electrons. The van der Waals surface area contributed by atoms with E-state index in [0.29, 0.717) is 61.2 Å². The van der Waals surface area contributed by atoms with E-state index in [4.69, 9.17) is 0 Å². The van der Waals surface area contributed by atoms with Crippen LogP contribution in [0.15, 0.2) is 49.2 Å². The smallest absolute Gasteiger partial charge is 0.346 e. The van der Waals surface area contributed by atoms with Gasteiger partial charge in [0.05, 0.1) is 30.4 Å². The summed E-state index contributed by atoms with van der Waals surface area (Å²) in [6.07, 6.45) is 4.26. The molecule has 2 N–H and O–H groups in total. The Morgan fingerprint density at radius 1 is 1.20 bits per heavy atom. The van der Waals surface area contributed by atoms with E-state index in [1.807, 2.05) is 0 Å². The van der Waals surface area contributed by atoms with Gasteiger partial charge >= 0.3 is 12.2 Å². The van der Waals surface area contributed by atoms with E-state index in [2.05, 4.69) is 36.3 Å². The van der Waals surface area contributed by atoms with Crippen molar-refractivity contribution in [3.05, 3.63) is 60.6 Å². The number of nitrogens with zero attached hydrogens (tertiary/aromatic N) is 7. The lowest BCUT2D eigenvalue weighted by Gasteiger charge is -2.53. The minimum Gasteiger partial charge on any atom is -0.346 e. The Balaban J connectivity index is 1.10. The van der Waals surface area contributed by atoms with Crippen LogP contribution in [0.1, 0.15) is 24.8 Å². The predicted molar refractivity (Wildman–Crippen MR) is 140 cm³/mol. The quantitative estimate of drug-likeness (QED) is 0.341. The molecule has 0 bridgehead atoms. The fourth-order valence-electron chi connectivity index (χ4n) is 5.79. The van der Waals surface area contributed by atoms with Gasteiger partial charge in [-0.25, -0.2) is 19.2 Å². The zero-order valence-electron chi connectivity index (χ0n) is 21.7. The number of hydrogen-bond donors (Lipinski definition) is 2. The summed E-state index contributed by atoms with van der Waals surface area (Å²) >= 11 is 0. The van der Waals surface area contributed by atoms with Gasteiger partial charge in [-0.15, -0.1) is 0 Å². The van der Waals surface area contributed by atoms with Gasteiger partial charge in [-0.1, -0.05) is 0 Å². The average molecular weight is 568 g/mol. The molecule has 41 heavy (non-hydrogen) atoms. The molecule has 2 aliphatic rings. The van der Waals surface area contributed by atoms with Gasteiger partial charge in [-0.2, -0.15) is 23.5 Å². The van der Waals surface area contributed by atoms with Crippen LogP contribution in [0.25, 0.3) is 22.2 Å². The number of nitrogens with one attached hydrogen (secondary N) is 2. The second-order valence-corrected chi connectivity index (χ2v) is 10.4. The number of H-pyrrole nitrogens is 1. The van der Waals surface area contributed by atoms with Gasteiger partial charge in [0.2, 0.25) is 0 Å². The number of aromatic nitrogens is 5. The molecular formula is C27H25F4N9O. The average Bonchev–Trinajstić information content (AvgIpc) is 3.61. The Bertz CT molecular complexity index is 1630. The molecule has 2 amide bonds. The Hall–Kier alpha value is -4.51. The monoisotopic (exact) mass is 567 g/mol. The second-order valence-electron chi connectivity index (χ2n) is 10.4. The number of piperidine rings is 1. The highest BCUT2D eigenvalue weighted by Gasteiger charge is 2.48. The third kappa shape index (κ3) is 4.86. The van der Waals surface area contributed by atoms with Gasteiger partial charge in [0.1, 0.15) is 22.8 Å². The zero-order chi connectivity index (χ0) is 28.8. The van der Waals surface area contributed by atoms with Gasteiger partial charge in [0.25, 0.3) is 0 Å². The molecule has 0 radical (unpaired) electrons. The van der Waals surface area contributed by atoms with Crippen LogP contribution < -0.4 is 5.32 Å². The highest BCUT2D eigenvalue weighted by Crippen LogP contribution is 2.38. The topological polar surface area (TPSA) is 119 Å². The summed E-state index contributed by atoms with van der Waals surface area (Å²) in [6, 6.07) is 5.57. The van der Waals surface area contributed by atoms with Crippen LogP contribution in [0.5, 0.6) is 0 Å². The Morgan fingerprint density at radius 3 is 2.71 bits per heavy atom. The van der Waals surface area contributed by atoms with Crippen LogP contribution in [-0.4, -0.2) is 72.8 Å². The number of anilines is 1. The number of carbonyl (C=O) groups is 1. The molecule has 0 aromatic carbocycles. The van der Waals surface area contributed by atoms with Crippen LogP contribution in [0, 0.1) is 17.1 Å². The third-order valence-electron chi connectivity index (χ3n) is 7.91. The summed E-state index contributed by atoms with van der Waals surface area (Å²) in [5, 5.41) is 17.0. The Kier molecular flexibility index (Phi) is 6.61. The lowest BCUT2D eigenvalue weighted by Crippen LogP contribution is -2.66. The van der Waals surface area contributed by atoms with Crippen LogP contribution in [0.3, 0.4) is 0 Å². The number of halogens is 4. The minimum atomic E-state index is -4.63. The van der Waals surface area contributed by atoms with E-state index >= 15 is 0 Å². The molecule has 6 heterocycles. The van der Waals surface area contributed by atoms with Gasteiger partial charge in [0, 0.05) is 67.3 Å². The Labute approximate surface area is 231 Å². The zero-order valence-corrected chi connectivity index (χ0v) is 21.7. The van der Waals surface area contributed by atoms with Crippen LogP contribution in [-0.2, 0) is 11.7 Å². The number of fused-ring (bicyclic) bond motifs is 1. The number of rotatable bonds is 5. The van der Waals surface area contributed by atoms with Crippen molar-refractivity contribution in [1.82, 2.24) is 34.5 Å². The SMILES string of the molecule is N#CCC1(n2cc(-c3c(F)cnc4[nH]ccc34)cn2)CN(C2CCN(C(=O)Nc3ncccc3C(F)(F)F)CC2)C1. The van der Waals surface area contributed by atoms with Gasteiger partial charge < -0.3 is 9.88 Å². The maximum Gasteiger partial charge on any atom is 0.419 e. The molecule has 0 atom stereocenters. The number of likely N-dealkylation sites (tertiary alicyclic amines) is 2. The number of nitriles is 1. The van der Waals surface area contributed by atoms with Crippen molar-refractivity contribution in [3.8, 4) is 17.2 Å². The molecule has 4 aromatic rings. The standard InChI is InChI=1S/C27H25F4N9O/c28-21-13-35-23-19(3-9-34-23)22(21)17-12-36-40(14-17)26(6-7-32)15-39(16-26)18-4-10-38(11-5-18)25(41)37-24-20(27(29,30)31)2-1-8-33-24/h1-3,8-9,12-14,18H,4-6,10-11,15-16H2,(H,34,35)(H,33,37,41). The molecule has 0 unspecified atom stereocenters. The summed E-state index contributed by atoms with van der Waals surface area (Å²) in [6.45, 7) is 1.85. The normalized spacial score (nSPS) is 17.8. The van der Waals surface area contributed by atoms with Crippen molar-refractivity contribution in [3.63, 3.8) is 0 Å². The van der Waals surface area contributed by atoms with E-state index in [0.717, 1.165) is 6.07 Å². The number of pyridine rings is 2. The fraction of sp³-hybridized carbons (Fsp3) is 0.370. The van der Waals surface area contributed by atoms with Gasteiger partial charge in [-0.05, 0) is 31.0 Å². The van der Waals surface area contributed by atoms with E-state index in [9.17, 15) is 27.6 Å². The van der Waals surface area contributed by atoms with E-state index in [-0.39, 0.29) is 12.5 Å². The predicted octanol–water partition coefficient (Wildman–Crippen LogP) is 4.60. The Morgan fingerprint density at radius 2 is 1.98 bits per heavy atom. The van der Waals surface area contributed by atoms with Crippen molar-refractivity contribution in [1.29, 1.82) is 5.26 Å². The highest BCUT2D eigenvalue weighted by molar-refractivity contribution is 5.93. The van der Waals surface area contributed by atoms with Crippen molar-refractivity contribution >= 4 is 22.9 Å². The first-order chi connectivity index (χ1) is 19.7. The molecule has 14 heteroatoms. The summed E-state index contributed by atoms with van der Waals surface area (Å²) in [4.78, 5) is 27.2. The van der Waals surface area contributed by atoms with Gasteiger partial charge in [-0.3, -0.25) is 14.9 Å². The molecule has 2 fully saturated rings. The summed E-state index contributed by atoms with van der Waals surface area (Å²) < 4.78 is 56.3. The van der Waals surface area contributed by atoms with E-state index < -0.39 is 34.9 Å². The summed E-state index contributed by atoms with van der Waals surface area (Å²) in [5.74, 6) is -0.978. The first-order valence-corrected chi connectivity index (χ1v) is 13.0. The highest BCUT2D eigenvalue weighted by atomic mass is 19.4. The van der Waals surface area contributed by atoms with Crippen molar-refractivity contribution < 1.29 is 22.4 Å². The number of carbonyl (C=O) groups excluding carboxylic acids is 1. The van der Waals surface area contributed by atoms with Gasteiger partial charge in [0.15, 0.2) is 0 Å². The number of hydrogen-bond acceptors (Lipinski definition) is 6. The molecule has 0 saturated carbocycles. The van der Waals surface area contributed by atoms with Crippen molar-refractivity contribution in [2.75, 3.05) is 31.5 Å². The van der Waals surface area contributed by atoms with Crippen molar-refractivity contribution in [2.45, 2.75) is 37.0 Å². The first kappa shape index (κ1) is 26.7.